The van der Waals surface area contributed by atoms with E-state index in [0.29, 0.717) is 18.4 Å². The number of carbonyl (C=O) groups excluding carboxylic acids is 4. The summed E-state index contributed by atoms with van der Waals surface area (Å²) in [5.41, 5.74) is 0.573. The number of benzene rings is 1. The van der Waals surface area contributed by atoms with Gasteiger partial charge in [0.1, 0.15) is 24.4 Å². The van der Waals surface area contributed by atoms with Crippen LogP contribution in [0.4, 0.5) is 9.59 Å². The van der Waals surface area contributed by atoms with E-state index >= 15 is 0 Å². The van der Waals surface area contributed by atoms with Crippen molar-refractivity contribution in [2.45, 2.75) is 118 Å². The van der Waals surface area contributed by atoms with Crippen LogP contribution >= 0.6 is 0 Å². The summed E-state index contributed by atoms with van der Waals surface area (Å²) in [6.45, 7) is 13.2. The van der Waals surface area contributed by atoms with Crippen molar-refractivity contribution in [1.29, 1.82) is 0 Å². The highest BCUT2D eigenvalue weighted by Crippen LogP contribution is 2.30. The van der Waals surface area contributed by atoms with Crippen LogP contribution < -0.4 is 14.8 Å². The van der Waals surface area contributed by atoms with E-state index in [1.165, 1.54) is 19.2 Å². The Morgan fingerprint density at radius 1 is 0.714 bits per heavy atom. The van der Waals surface area contributed by atoms with Crippen molar-refractivity contribution >= 4 is 24.2 Å². The van der Waals surface area contributed by atoms with E-state index in [-0.39, 0.29) is 48.6 Å². The standard InChI is InChI=1S/C31H49NO10/c1-9-12-20(4)28(33)38-23(7)19-32-25(29(34)37-8)17-24-15-16-26(41-30(35)39-21(5)13-10-2)27(18-24)42-31(36)40-22(6)14-11-3/h15-16,18,20-23,25,32H,9-14,17,19H2,1-8H3/t20?,21?,22?,23?,25-/m0/s1. The molecule has 42 heavy (non-hydrogen) atoms. The third-order valence-corrected chi connectivity index (χ3v) is 6.40. The lowest BCUT2D eigenvalue weighted by Crippen LogP contribution is -2.43. The van der Waals surface area contributed by atoms with Crippen LogP contribution in [0.3, 0.4) is 0 Å². The van der Waals surface area contributed by atoms with Gasteiger partial charge in [-0.2, -0.15) is 0 Å². The molecule has 0 fully saturated rings. The van der Waals surface area contributed by atoms with Gasteiger partial charge < -0.3 is 33.7 Å². The van der Waals surface area contributed by atoms with E-state index in [1.807, 2.05) is 27.7 Å². The lowest BCUT2D eigenvalue weighted by atomic mass is 10.0. The first-order valence-electron chi connectivity index (χ1n) is 14.8. The molecule has 1 aromatic rings. The molecular formula is C31H49NO10. The van der Waals surface area contributed by atoms with Gasteiger partial charge in [-0.15, -0.1) is 0 Å². The maximum atomic E-state index is 12.6. The Kier molecular flexibility index (Phi) is 17.2. The zero-order chi connectivity index (χ0) is 31.7. The highest BCUT2D eigenvalue weighted by Gasteiger charge is 2.24. The Morgan fingerprint density at radius 3 is 1.79 bits per heavy atom. The largest absolute Gasteiger partial charge is 0.514 e. The summed E-state index contributed by atoms with van der Waals surface area (Å²) >= 11 is 0. The molecule has 0 aromatic heterocycles. The Hall–Kier alpha value is -3.34. The fourth-order valence-electron chi connectivity index (χ4n) is 4.16. The molecule has 0 aliphatic carbocycles. The third-order valence-electron chi connectivity index (χ3n) is 6.40. The zero-order valence-corrected chi connectivity index (χ0v) is 26.4. The molecular weight excluding hydrogens is 546 g/mol. The molecule has 1 N–H and O–H groups in total. The van der Waals surface area contributed by atoms with Gasteiger partial charge in [-0.25, -0.2) is 9.59 Å². The van der Waals surface area contributed by atoms with Gasteiger partial charge >= 0.3 is 24.2 Å². The number of ether oxygens (including phenoxy) is 6. The average Bonchev–Trinajstić information content (AvgIpc) is 2.92. The number of carbonyl (C=O) groups is 4. The number of rotatable bonds is 18. The molecule has 1 rings (SSSR count). The van der Waals surface area contributed by atoms with Crippen LogP contribution in [0.15, 0.2) is 18.2 Å². The summed E-state index contributed by atoms with van der Waals surface area (Å²) in [5, 5.41) is 3.09. The predicted molar refractivity (Wildman–Crippen MR) is 157 cm³/mol. The van der Waals surface area contributed by atoms with E-state index in [0.717, 1.165) is 25.7 Å². The lowest BCUT2D eigenvalue weighted by Gasteiger charge is -2.21. The summed E-state index contributed by atoms with van der Waals surface area (Å²) in [5.74, 6) is -1.15. The first-order valence-corrected chi connectivity index (χ1v) is 14.8. The minimum atomic E-state index is -0.957. The molecule has 0 amide bonds. The van der Waals surface area contributed by atoms with Crippen LogP contribution in [-0.2, 0) is 35.0 Å². The molecule has 0 bridgehead atoms. The van der Waals surface area contributed by atoms with Crippen molar-refractivity contribution in [3.8, 4) is 11.5 Å². The van der Waals surface area contributed by atoms with Gasteiger partial charge in [-0.1, -0.05) is 53.0 Å². The third kappa shape index (κ3) is 14.0. The van der Waals surface area contributed by atoms with E-state index in [1.54, 1.807) is 26.8 Å². The molecule has 0 radical (unpaired) electrons. The quantitative estimate of drug-likeness (QED) is 0.119. The van der Waals surface area contributed by atoms with Crippen LogP contribution in [0.2, 0.25) is 0 Å². The molecule has 0 heterocycles. The molecule has 0 aliphatic rings. The summed E-state index contributed by atoms with van der Waals surface area (Å²) in [6.07, 6.45) is 1.59. The van der Waals surface area contributed by atoms with E-state index in [2.05, 4.69) is 5.32 Å². The first kappa shape index (κ1) is 36.7. The minimum Gasteiger partial charge on any atom is -0.468 e. The predicted octanol–water partition coefficient (Wildman–Crippen LogP) is 6.14. The van der Waals surface area contributed by atoms with E-state index < -0.39 is 30.4 Å². The van der Waals surface area contributed by atoms with Crippen molar-refractivity contribution in [3.63, 3.8) is 0 Å². The van der Waals surface area contributed by atoms with Gasteiger partial charge in [0.05, 0.1) is 13.0 Å². The van der Waals surface area contributed by atoms with E-state index in [4.69, 9.17) is 28.4 Å². The lowest BCUT2D eigenvalue weighted by molar-refractivity contribution is -0.152. The van der Waals surface area contributed by atoms with Gasteiger partial charge in [0, 0.05) is 6.54 Å². The molecule has 11 nitrogen and oxygen atoms in total. The second-order valence-corrected chi connectivity index (χ2v) is 10.5. The van der Waals surface area contributed by atoms with Crippen LogP contribution in [0, 0.1) is 5.92 Å². The Labute approximate surface area is 249 Å². The minimum absolute atomic E-state index is 0.0446. The topological polar surface area (TPSA) is 136 Å². The van der Waals surface area contributed by atoms with Gasteiger partial charge in [0.2, 0.25) is 0 Å². The molecule has 0 aliphatic heterocycles. The zero-order valence-electron chi connectivity index (χ0n) is 26.4. The highest BCUT2D eigenvalue weighted by atomic mass is 16.7. The number of esters is 2. The van der Waals surface area contributed by atoms with Gasteiger partial charge in [-0.05, 0) is 64.2 Å². The van der Waals surface area contributed by atoms with Crippen LogP contribution in [0.5, 0.6) is 11.5 Å². The summed E-state index contributed by atoms with van der Waals surface area (Å²) < 4.78 is 31.8. The second kappa shape index (κ2) is 19.7. The second-order valence-electron chi connectivity index (χ2n) is 10.5. The maximum Gasteiger partial charge on any atom is 0.514 e. The summed E-state index contributed by atoms with van der Waals surface area (Å²) in [4.78, 5) is 49.7. The molecule has 0 saturated heterocycles. The summed E-state index contributed by atoms with van der Waals surface area (Å²) in [6, 6.07) is 3.76. The van der Waals surface area contributed by atoms with Crippen LogP contribution in [-0.4, -0.2) is 62.3 Å². The molecule has 5 atom stereocenters. The fourth-order valence-corrected chi connectivity index (χ4v) is 4.16. The molecule has 238 valence electrons. The van der Waals surface area contributed by atoms with Crippen LogP contribution in [0.25, 0.3) is 0 Å². The Morgan fingerprint density at radius 2 is 1.26 bits per heavy atom. The van der Waals surface area contributed by atoms with Gasteiger partial charge in [0.25, 0.3) is 0 Å². The van der Waals surface area contributed by atoms with Gasteiger partial charge in [0.15, 0.2) is 11.5 Å². The average molecular weight is 596 g/mol. The Bertz CT molecular complexity index is 998. The normalized spacial score (nSPS) is 14.5. The molecule has 0 spiro atoms. The van der Waals surface area contributed by atoms with Crippen molar-refractivity contribution < 1.29 is 47.6 Å². The molecule has 4 unspecified atom stereocenters. The molecule has 1 aromatic carbocycles. The highest BCUT2D eigenvalue weighted by molar-refractivity contribution is 5.76. The molecule has 11 heteroatoms. The van der Waals surface area contributed by atoms with Crippen molar-refractivity contribution in [3.05, 3.63) is 23.8 Å². The van der Waals surface area contributed by atoms with Crippen molar-refractivity contribution in [2.24, 2.45) is 5.92 Å². The number of nitrogens with one attached hydrogen (secondary N) is 1. The van der Waals surface area contributed by atoms with Gasteiger partial charge in [-0.3, -0.25) is 9.59 Å². The fraction of sp³-hybridized carbons (Fsp3) is 0.677. The monoisotopic (exact) mass is 595 g/mol. The first-order chi connectivity index (χ1) is 19.9. The van der Waals surface area contributed by atoms with Crippen LogP contribution in [0.1, 0.15) is 92.6 Å². The van der Waals surface area contributed by atoms with E-state index in [9.17, 15) is 19.2 Å². The summed E-state index contributed by atoms with van der Waals surface area (Å²) in [7, 11) is 1.27. The maximum absolute atomic E-state index is 12.6. The van der Waals surface area contributed by atoms with Crippen molar-refractivity contribution in [1.82, 2.24) is 5.32 Å². The smallest absolute Gasteiger partial charge is 0.468 e. The SMILES string of the molecule is CCCC(C)OC(=O)Oc1ccc(C[C@H](NCC(C)OC(=O)C(C)CCC)C(=O)OC)cc1OC(=O)OC(C)CCC. The van der Waals surface area contributed by atoms with Crippen molar-refractivity contribution in [2.75, 3.05) is 13.7 Å². The number of methoxy groups -OCH3 is 1. The number of hydrogen-bond acceptors (Lipinski definition) is 11. The Balaban J connectivity index is 3.09. The number of hydrogen-bond donors (Lipinski definition) is 1. The molecule has 0 saturated carbocycles.